The van der Waals surface area contributed by atoms with Gasteiger partial charge in [-0.25, -0.2) is 4.98 Å². The van der Waals surface area contributed by atoms with Crippen molar-refractivity contribution in [3.05, 3.63) is 18.2 Å². The number of methoxy groups -OCH3 is 1. The fourth-order valence-corrected chi connectivity index (χ4v) is 1.93. The number of rotatable bonds is 2. The zero-order valence-electron chi connectivity index (χ0n) is 8.08. The number of ether oxygens (including phenoxy) is 1. The maximum Gasteiger partial charge on any atom is 0.142 e. The van der Waals surface area contributed by atoms with Gasteiger partial charge in [0.1, 0.15) is 11.4 Å². The molecule has 1 N–H and O–H groups in total. The van der Waals surface area contributed by atoms with Crippen molar-refractivity contribution in [2.45, 2.75) is 12.0 Å². The van der Waals surface area contributed by atoms with Crippen LogP contribution in [0.25, 0.3) is 0 Å². The van der Waals surface area contributed by atoms with Crippen molar-refractivity contribution in [3.8, 4) is 0 Å². The minimum Gasteiger partial charge on any atom is -0.369 e. The third-order valence-corrected chi connectivity index (χ3v) is 2.74. The molecule has 0 saturated carbocycles. The van der Waals surface area contributed by atoms with Crippen molar-refractivity contribution in [3.63, 3.8) is 0 Å². The van der Waals surface area contributed by atoms with E-state index in [0.29, 0.717) is 0 Å². The van der Waals surface area contributed by atoms with Crippen molar-refractivity contribution in [2.24, 2.45) is 7.05 Å². The lowest BCUT2D eigenvalue weighted by Gasteiger charge is -2.25. The summed E-state index contributed by atoms with van der Waals surface area (Å²) in [7, 11) is 3.75. The number of imidazole rings is 1. The standard InChI is InChI=1S/C9H15N3O/c1-12-6-5-11-8(12)9(13-2)3-4-10-7-9/h5-6,10H,3-4,7H2,1-2H3. The van der Waals surface area contributed by atoms with E-state index in [1.54, 1.807) is 7.11 Å². The van der Waals surface area contributed by atoms with E-state index < -0.39 is 0 Å². The summed E-state index contributed by atoms with van der Waals surface area (Å²) < 4.78 is 7.60. The second-order valence-electron chi connectivity index (χ2n) is 3.49. The van der Waals surface area contributed by atoms with Crippen LogP contribution < -0.4 is 5.32 Å². The van der Waals surface area contributed by atoms with Gasteiger partial charge in [0, 0.05) is 33.1 Å². The molecule has 0 radical (unpaired) electrons. The molecule has 4 heteroatoms. The first kappa shape index (κ1) is 8.72. The Balaban J connectivity index is 2.36. The molecule has 72 valence electrons. The van der Waals surface area contributed by atoms with Gasteiger partial charge in [0.2, 0.25) is 0 Å². The number of nitrogens with zero attached hydrogens (tertiary/aromatic N) is 2. The van der Waals surface area contributed by atoms with Crippen molar-refractivity contribution in [1.82, 2.24) is 14.9 Å². The van der Waals surface area contributed by atoms with Gasteiger partial charge in [0.25, 0.3) is 0 Å². The zero-order chi connectivity index (χ0) is 9.31. The topological polar surface area (TPSA) is 39.1 Å². The number of aromatic nitrogens is 2. The van der Waals surface area contributed by atoms with E-state index in [1.807, 2.05) is 24.0 Å². The summed E-state index contributed by atoms with van der Waals surface area (Å²) in [5, 5.41) is 3.30. The summed E-state index contributed by atoms with van der Waals surface area (Å²) in [6.07, 6.45) is 4.76. The molecule has 1 aliphatic rings. The van der Waals surface area contributed by atoms with Crippen LogP contribution in [-0.2, 0) is 17.4 Å². The fourth-order valence-electron chi connectivity index (χ4n) is 1.93. The smallest absolute Gasteiger partial charge is 0.142 e. The Bertz CT molecular complexity index is 289. The molecule has 1 atom stereocenters. The normalized spacial score (nSPS) is 28.2. The van der Waals surface area contributed by atoms with Gasteiger partial charge in [0.15, 0.2) is 0 Å². The Morgan fingerprint density at radius 3 is 3.00 bits per heavy atom. The van der Waals surface area contributed by atoms with Crippen molar-refractivity contribution < 1.29 is 4.74 Å². The van der Waals surface area contributed by atoms with E-state index in [0.717, 1.165) is 25.3 Å². The SMILES string of the molecule is COC1(c2nccn2C)CCNC1. The Kier molecular flexibility index (Phi) is 2.09. The first-order valence-electron chi connectivity index (χ1n) is 4.52. The van der Waals surface area contributed by atoms with Gasteiger partial charge < -0.3 is 14.6 Å². The second-order valence-corrected chi connectivity index (χ2v) is 3.49. The summed E-state index contributed by atoms with van der Waals surface area (Å²) in [6, 6.07) is 0. The third-order valence-electron chi connectivity index (χ3n) is 2.74. The highest BCUT2D eigenvalue weighted by Crippen LogP contribution is 2.29. The van der Waals surface area contributed by atoms with Gasteiger partial charge in [-0.15, -0.1) is 0 Å². The summed E-state index contributed by atoms with van der Waals surface area (Å²) >= 11 is 0. The number of aryl methyl sites for hydroxylation is 1. The number of nitrogens with one attached hydrogen (secondary N) is 1. The quantitative estimate of drug-likeness (QED) is 0.711. The maximum atomic E-state index is 5.58. The van der Waals surface area contributed by atoms with Gasteiger partial charge in [-0.05, 0) is 13.0 Å². The molecule has 0 spiro atoms. The van der Waals surface area contributed by atoms with E-state index in [2.05, 4.69) is 10.3 Å². The molecule has 0 amide bonds. The van der Waals surface area contributed by atoms with E-state index in [4.69, 9.17) is 4.74 Å². The van der Waals surface area contributed by atoms with Gasteiger partial charge in [0.05, 0.1) is 0 Å². The molecular formula is C9H15N3O. The first-order chi connectivity index (χ1) is 6.28. The Labute approximate surface area is 77.9 Å². The fraction of sp³-hybridized carbons (Fsp3) is 0.667. The maximum absolute atomic E-state index is 5.58. The molecule has 0 aliphatic carbocycles. The monoisotopic (exact) mass is 181 g/mol. The predicted molar refractivity (Wildman–Crippen MR) is 49.4 cm³/mol. The highest BCUT2D eigenvalue weighted by molar-refractivity contribution is 5.09. The Morgan fingerprint density at radius 2 is 2.54 bits per heavy atom. The molecule has 0 bridgehead atoms. The first-order valence-corrected chi connectivity index (χ1v) is 4.52. The van der Waals surface area contributed by atoms with E-state index in [1.165, 1.54) is 0 Å². The van der Waals surface area contributed by atoms with Crippen LogP contribution in [0.5, 0.6) is 0 Å². The molecule has 1 saturated heterocycles. The average molecular weight is 181 g/mol. The van der Waals surface area contributed by atoms with Crippen molar-refractivity contribution in [1.29, 1.82) is 0 Å². The molecule has 1 fully saturated rings. The summed E-state index contributed by atoms with van der Waals surface area (Å²) in [5.74, 6) is 1.01. The molecule has 0 aromatic carbocycles. The van der Waals surface area contributed by atoms with Gasteiger partial charge >= 0.3 is 0 Å². The average Bonchev–Trinajstić information content (AvgIpc) is 2.73. The molecule has 1 aromatic rings. The van der Waals surface area contributed by atoms with Gasteiger partial charge in [-0.1, -0.05) is 0 Å². The molecular weight excluding hydrogens is 166 g/mol. The van der Waals surface area contributed by atoms with Crippen LogP contribution >= 0.6 is 0 Å². The minimum absolute atomic E-state index is 0.210. The van der Waals surface area contributed by atoms with E-state index in [9.17, 15) is 0 Å². The summed E-state index contributed by atoms with van der Waals surface area (Å²) in [6.45, 7) is 1.86. The molecule has 4 nitrogen and oxygen atoms in total. The van der Waals surface area contributed by atoms with Crippen molar-refractivity contribution >= 4 is 0 Å². The van der Waals surface area contributed by atoms with Crippen LogP contribution in [0.1, 0.15) is 12.2 Å². The molecule has 1 aromatic heterocycles. The molecule has 2 heterocycles. The summed E-state index contributed by atoms with van der Waals surface area (Å²) in [5.41, 5.74) is -0.210. The molecule has 13 heavy (non-hydrogen) atoms. The third kappa shape index (κ3) is 1.26. The Morgan fingerprint density at radius 1 is 1.69 bits per heavy atom. The van der Waals surface area contributed by atoms with E-state index >= 15 is 0 Å². The lowest BCUT2D eigenvalue weighted by Crippen LogP contribution is -2.33. The zero-order valence-corrected chi connectivity index (χ0v) is 8.08. The molecule has 2 rings (SSSR count). The highest BCUT2D eigenvalue weighted by atomic mass is 16.5. The molecule has 1 unspecified atom stereocenters. The predicted octanol–water partition coefficient (Wildman–Crippen LogP) is 0.255. The van der Waals surface area contributed by atoms with Crippen molar-refractivity contribution in [2.75, 3.05) is 20.2 Å². The lowest BCUT2D eigenvalue weighted by molar-refractivity contribution is -0.00645. The van der Waals surface area contributed by atoms with Crippen LogP contribution in [0, 0.1) is 0 Å². The second kappa shape index (κ2) is 3.12. The van der Waals surface area contributed by atoms with Crippen LogP contribution in [0.3, 0.4) is 0 Å². The number of hydrogen-bond acceptors (Lipinski definition) is 3. The van der Waals surface area contributed by atoms with Crippen LogP contribution in [0.15, 0.2) is 12.4 Å². The summed E-state index contributed by atoms with van der Waals surface area (Å²) in [4.78, 5) is 4.34. The Hall–Kier alpha value is -0.870. The highest BCUT2D eigenvalue weighted by Gasteiger charge is 2.38. The number of hydrogen-bond donors (Lipinski definition) is 1. The van der Waals surface area contributed by atoms with E-state index in [-0.39, 0.29) is 5.60 Å². The van der Waals surface area contributed by atoms with Gasteiger partial charge in [-0.3, -0.25) is 0 Å². The largest absolute Gasteiger partial charge is 0.369 e. The van der Waals surface area contributed by atoms with Gasteiger partial charge in [-0.2, -0.15) is 0 Å². The van der Waals surface area contributed by atoms with Crippen LogP contribution in [0.2, 0.25) is 0 Å². The lowest BCUT2D eigenvalue weighted by atomic mass is 10.0. The van der Waals surface area contributed by atoms with Crippen LogP contribution in [-0.4, -0.2) is 29.8 Å². The van der Waals surface area contributed by atoms with Crippen LogP contribution in [0.4, 0.5) is 0 Å². The molecule has 1 aliphatic heterocycles. The minimum atomic E-state index is -0.210.